The van der Waals surface area contributed by atoms with Crippen LogP contribution in [-0.2, 0) is 9.59 Å². The first kappa shape index (κ1) is 19.7. The molecule has 0 aromatic heterocycles. The number of aliphatic carboxylic acids is 2. The molecule has 0 aliphatic rings. The van der Waals surface area contributed by atoms with Crippen LogP contribution in [0, 0.1) is 0 Å². The number of carboxylic acid groups (broad SMARTS) is 2. The van der Waals surface area contributed by atoms with Gasteiger partial charge < -0.3 is 20.4 Å². The summed E-state index contributed by atoms with van der Waals surface area (Å²) in [4.78, 5) is 19.5. The van der Waals surface area contributed by atoms with Gasteiger partial charge in [0.15, 0.2) is 12.2 Å². The largest absolute Gasteiger partial charge is 0.479 e. The molecule has 0 aliphatic heterocycles. The zero-order chi connectivity index (χ0) is 8.31. The van der Waals surface area contributed by atoms with Gasteiger partial charge in [-0.3, -0.25) is 0 Å². The van der Waals surface area contributed by atoms with E-state index in [2.05, 4.69) is 0 Å². The van der Waals surface area contributed by atoms with Crippen LogP contribution >= 0.6 is 0 Å². The van der Waals surface area contributed by atoms with E-state index in [4.69, 9.17) is 20.4 Å². The van der Waals surface area contributed by atoms with Gasteiger partial charge in [-0.25, -0.2) is 9.59 Å². The van der Waals surface area contributed by atoms with Crippen molar-refractivity contribution in [3.05, 3.63) is 0 Å². The number of hydrogen-bond donors (Lipinski definition) is 4. The van der Waals surface area contributed by atoms with E-state index < -0.39 is 24.1 Å². The molecule has 12 heavy (non-hydrogen) atoms. The van der Waals surface area contributed by atoms with Gasteiger partial charge in [-0.2, -0.15) is 0 Å². The predicted octanol–water partition coefficient (Wildman–Crippen LogP) is -2.88. The van der Waals surface area contributed by atoms with Crippen molar-refractivity contribution in [2.75, 3.05) is 0 Å². The number of aliphatic hydroxyl groups is 2. The summed E-state index contributed by atoms with van der Waals surface area (Å²) in [7, 11) is 0. The van der Waals surface area contributed by atoms with E-state index in [1.54, 1.807) is 0 Å². The SMILES string of the molecule is O=C(O)[C@@H](O)[C@@H](O)C(=O)O.[K].[K]. The van der Waals surface area contributed by atoms with Gasteiger partial charge in [0.1, 0.15) is 0 Å². The molecule has 0 fully saturated rings. The van der Waals surface area contributed by atoms with Crippen molar-refractivity contribution in [3.63, 3.8) is 0 Å². The second-order valence-electron chi connectivity index (χ2n) is 1.57. The fourth-order valence-electron chi connectivity index (χ4n) is 0.270. The molecule has 2 atom stereocenters. The van der Waals surface area contributed by atoms with Crippen LogP contribution < -0.4 is 0 Å². The Kier molecular flexibility index (Phi) is 15.9. The Labute approximate surface area is 153 Å². The van der Waals surface area contributed by atoms with Gasteiger partial charge in [0.05, 0.1) is 0 Å². The first-order chi connectivity index (χ1) is 4.46. The quantitative estimate of drug-likeness (QED) is 0.386. The number of carbonyl (C=O) groups is 2. The minimum absolute atomic E-state index is 0. The molecule has 0 saturated heterocycles. The first-order valence-electron chi connectivity index (χ1n) is 2.28. The van der Waals surface area contributed by atoms with Crippen LogP contribution in [0.25, 0.3) is 0 Å². The summed E-state index contributed by atoms with van der Waals surface area (Å²) in [5, 5.41) is 32.5. The van der Waals surface area contributed by atoms with Gasteiger partial charge in [0.2, 0.25) is 0 Å². The minimum atomic E-state index is -2.27. The van der Waals surface area contributed by atoms with Crippen LogP contribution in [0.15, 0.2) is 0 Å². The van der Waals surface area contributed by atoms with E-state index in [1.807, 2.05) is 0 Å². The van der Waals surface area contributed by atoms with Crippen LogP contribution in [0.1, 0.15) is 0 Å². The average molecular weight is 228 g/mol. The van der Waals surface area contributed by atoms with Gasteiger partial charge in [0, 0.05) is 103 Å². The molecule has 8 heteroatoms. The summed E-state index contributed by atoms with van der Waals surface area (Å²) in [6.45, 7) is 0. The number of carboxylic acids is 2. The van der Waals surface area contributed by atoms with E-state index in [1.165, 1.54) is 0 Å². The zero-order valence-corrected chi connectivity index (χ0v) is 13.0. The van der Waals surface area contributed by atoms with E-state index in [0.29, 0.717) is 0 Å². The Balaban J connectivity index is -0.000000405. The zero-order valence-electron chi connectivity index (χ0n) is 6.76. The molecule has 0 unspecified atom stereocenters. The van der Waals surface area contributed by atoms with Gasteiger partial charge >= 0.3 is 11.9 Å². The van der Waals surface area contributed by atoms with Gasteiger partial charge in [-0.15, -0.1) is 0 Å². The molecule has 0 aromatic rings. The Bertz CT molecular complexity index is 142. The molecule has 0 rings (SSSR count). The Morgan fingerprint density at radius 3 is 1.08 bits per heavy atom. The Morgan fingerprint density at radius 1 is 0.833 bits per heavy atom. The van der Waals surface area contributed by atoms with Crippen molar-refractivity contribution in [3.8, 4) is 0 Å². The summed E-state index contributed by atoms with van der Waals surface area (Å²) in [6.07, 6.45) is -4.53. The van der Waals surface area contributed by atoms with Crippen LogP contribution in [0.5, 0.6) is 0 Å². The van der Waals surface area contributed by atoms with Crippen molar-refractivity contribution in [2.45, 2.75) is 12.2 Å². The maximum absolute atomic E-state index is 9.77. The fraction of sp³-hybridized carbons (Fsp3) is 0.500. The summed E-state index contributed by atoms with van der Waals surface area (Å²) < 4.78 is 0. The molecule has 6 nitrogen and oxygen atoms in total. The second-order valence-corrected chi connectivity index (χ2v) is 1.57. The normalized spacial score (nSPS) is 13.2. The van der Waals surface area contributed by atoms with Gasteiger partial charge in [0.25, 0.3) is 0 Å². The molecule has 60 valence electrons. The standard InChI is InChI=1S/C4H6O6.2K/c5-1(3(7)8)2(6)4(9)10;;/h1-2,5-6H,(H,7,8)(H,9,10);;/t1-,2+;;. The molecule has 0 aliphatic carbocycles. The molecule has 2 radical (unpaired) electrons. The van der Waals surface area contributed by atoms with Crippen molar-refractivity contribution >= 4 is 115 Å². The fourth-order valence-corrected chi connectivity index (χ4v) is 0.270. The Morgan fingerprint density at radius 2 is 1.00 bits per heavy atom. The van der Waals surface area contributed by atoms with Crippen LogP contribution in [0.2, 0.25) is 0 Å². The molecule has 0 amide bonds. The summed E-state index contributed by atoms with van der Waals surface area (Å²) in [5.41, 5.74) is 0. The third-order valence-electron chi connectivity index (χ3n) is 0.805. The second kappa shape index (κ2) is 9.68. The molecule has 0 bridgehead atoms. The summed E-state index contributed by atoms with van der Waals surface area (Å²) in [6, 6.07) is 0. The predicted molar refractivity (Wildman–Crippen MR) is 38.8 cm³/mol. The third-order valence-corrected chi connectivity index (χ3v) is 0.805. The van der Waals surface area contributed by atoms with Crippen molar-refractivity contribution < 1.29 is 30.0 Å². The van der Waals surface area contributed by atoms with Crippen LogP contribution in [0.3, 0.4) is 0 Å². The molecule has 0 heterocycles. The summed E-state index contributed by atoms with van der Waals surface area (Å²) in [5.74, 6) is -3.54. The first-order valence-corrected chi connectivity index (χ1v) is 2.28. The molecule has 0 spiro atoms. The Hall–Kier alpha value is 2.13. The van der Waals surface area contributed by atoms with Gasteiger partial charge in [-0.1, -0.05) is 0 Å². The number of aliphatic hydroxyl groups excluding tert-OH is 2. The molecular weight excluding hydrogens is 222 g/mol. The number of hydrogen-bond acceptors (Lipinski definition) is 4. The van der Waals surface area contributed by atoms with Crippen molar-refractivity contribution in [2.24, 2.45) is 0 Å². The maximum Gasteiger partial charge on any atom is 0.335 e. The number of rotatable bonds is 3. The van der Waals surface area contributed by atoms with Crippen molar-refractivity contribution in [1.29, 1.82) is 0 Å². The molecule has 0 saturated carbocycles. The molecular formula is C4H6K2O6. The third kappa shape index (κ3) is 7.53. The topological polar surface area (TPSA) is 115 Å². The van der Waals surface area contributed by atoms with Crippen molar-refractivity contribution in [1.82, 2.24) is 0 Å². The molecule has 4 N–H and O–H groups in total. The van der Waals surface area contributed by atoms with E-state index in [9.17, 15) is 9.59 Å². The van der Waals surface area contributed by atoms with Crippen LogP contribution in [0.4, 0.5) is 0 Å². The maximum atomic E-state index is 9.77. The van der Waals surface area contributed by atoms with E-state index in [0.717, 1.165) is 0 Å². The molecule has 0 aromatic carbocycles. The minimum Gasteiger partial charge on any atom is -0.479 e. The van der Waals surface area contributed by atoms with E-state index in [-0.39, 0.29) is 103 Å². The van der Waals surface area contributed by atoms with Gasteiger partial charge in [-0.05, 0) is 0 Å². The monoisotopic (exact) mass is 228 g/mol. The van der Waals surface area contributed by atoms with Crippen LogP contribution in [-0.4, -0.2) is 147 Å². The summed E-state index contributed by atoms with van der Waals surface area (Å²) >= 11 is 0. The smallest absolute Gasteiger partial charge is 0.335 e. The average Bonchev–Trinajstić information content (AvgIpc) is 1.84. The van der Waals surface area contributed by atoms with E-state index >= 15 is 0 Å².